The van der Waals surface area contributed by atoms with Crippen LogP contribution in [0.5, 0.6) is 0 Å². The van der Waals surface area contributed by atoms with Gasteiger partial charge in [-0.15, -0.1) is 0 Å². The molecule has 2 nitrogen and oxygen atoms in total. The second kappa shape index (κ2) is 8.44. The summed E-state index contributed by atoms with van der Waals surface area (Å²) in [5.41, 5.74) is 1.16. The average Bonchev–Trinajstić information content (AvgIpc) is 2.35. The molecule has 0 spiro atoms. The minimum atomic E-state index is -1.08. The van der Waals surface area contributed by atoms with Crippen LogP contribution in [0.4, 0.5) is 0 Å². The average molecular weight is 268 g/mol. The van der Waals surface area contributed by atoms with Crippen LogP contribution in [-0.4, -0.2) is 21.2 Å². The number of benzene rings is 1. The third kappa shape index (κ3) is 5.78. The Balaban J connectivity index is 2.33. The predicted octanol–water partition coefficient (Wildman–Crippen LogP) is 3.43. The van der Waals surface area contributed by atoms with E-state index in [4.69, 9.17) is 0 Å². The Morgan fingerprint density at radius 2 is 1.83 bits per heavy atom. The maximum absolute atomic E-state index is 12.0. The quantitative estimate of drug-likeness (QED) is 0.733. The normalized spacial score (nSPS) is 14.4. The van der Waals surface area contributed by atoms with Gasteiger partial charge in [0.05, 0.1) is 22.7 Å². The van der Waals surface area contributed by atoms with E-state index >= 15 is 0 Å². The molecule has 3 heteroatoms. The third-order valence-electron chi connectivity index (χ3n) is 3.02. The summed E-state index contributed by atoms with van der Waals surface area (Å²) >= 11 is 0. The Morgan fingerprint density at radius 1 is 1.17 bits per heavy atom. The highest BCUT2D eigenvalue weighted by atomic mass is 32.2. The Labute approximate surface area is 113 Å². The molecular formula is C15H24O2S. The molecule has 1 aromatic rings. The summed E-state index contributed by atoms with van der Waals surface area (Å²) in [5.74, 6) is 0.356. The first-order valence-corrected chi connectivity index (χ1v) is 8.08. The maximum Gasteiger partial charge on any atom is 0.0659 e. The summed E-state index contributed by atoms with van der Waals surface area (Å²) in [6, 6.07) is 7.69. The first kappa shape index (κ1) is 15.4. The van der Waals surface area contributed by atoms with Crippen molar-refractivity contribution in [3.05, 3.63) is 29.8 Å². The number of hydrogen-bond acceptors (Lipinski definition) is 2. The van der Waals surface area contributed by atoms with Gasteiger partial charge >= 0.3 is 0 Å². The van der Waals surface area contributed by atoms with Crippen molar-refractivity contribution < 1.29 is 9.32 Å². The molecule has 0 aliphatic rings. The Bertz CT molecular complexity index is 359. The highest BCUT2D eigenvalue weighted by Crippen LogP contribution is 2.12. The van der Waals surface area contributed by atoms with Crippen LogP contribution in [-0.2, 0) is 10.8 Å². The highest BCUT2D eigenvalue weighted by Gasteiger charge is 2.10. The van der Waals surface area contributed by atoms with Gasteiger partial charge in [0.1, 0.15) is 0 Å². The van der Waals surface area contributed by atoms with Crippen LogP contribution in [0.2, 0.25) is 0 Å². The van der Waals surface area contributed by atoms with Crippen molar-refractivity contribution in [2.24, 2.45) is 0 Å². The van der Waals surface area contributed by atoms with Crippen molar-refractivity contribution >= 4 is 10.8 Å². The predicted molar refractivity (Wildman–Crippen MR) is 77.2 cm³/mol. The van der Waals surface area contributed by atoms with E-state index in [0.717, 1.165) is 29.7 Å². The topological polar surface area (TPSA) is 37.3 Å². The van der Waals surface area contributed by atoms with Crippen molar-refractivity contribution in [2.75, 3.05) is 5.75 Å². The fourth-order valence-corrected chi connectivity index (χ4v) is 3.00. The molecule has 1 N–H and O–H groups in total. The molecule has 0 saturated heterocycles. The lowest BCUT2D eigenvalue weighted by atomic mass is 10.1. The standard InChI is InChI=1S/C15H24O2S/c1-3-4-5-6-7-14(16)12-18(17)15-10-8-13(2)9-11-15/h8-11,14,16H,3-7,12H2,1-2H3. The van der Waals surface area contributed by atoms with Crippen LogP contribution < -0.4 is 0 Å². The molecule has 0 heterocycles. The van der Waals surface area contributed by atoms with Gasteiger partial charge in [0.15, 0.2) is 0 Å². The number of aliphatic hydroxyl groups excluding tert-OH is 1. The van der Waals surface area contributed by atoms with E-state index in [-0.39, 0.29) is 0 Å². The largest absolute Gasteiger partial charge is 0.392 e. The Kier molecular flexibility index (Phi) is 7.21. The lowest BCUT2D eigenvalue weighted by Gasteiger charge is -2.10. The van der Waals surface area contributed by atoms with Crippen LogP contribution in [0, 0.1) is 6.92 Å². The molecule has 0 amide bonds. The fraction of sp³-hybridized carbons (Fsp3) is 0.600. The zero-order valence-electron chi connectivity index (χ0n) is 11.4. The van der Waals surface area contributed by atoms with Crippen LogP contribution in [0.15, 0.2) is 29.2 Å². The zero-order chi connectivity index (χ0) is 13.4. The SMILES string of the molecule is CCCCCCC(O)CS(=O)c1ccc(C)cc1. The highest BCUT2D eigenvalue weighted by molar-refractivity contribution is 7.85. The molecule has 18 heavy (non-hydrogen) atoms. The van der Waals surface area contributed by atoms with E-state index in [0.29, 0.717) is 5.75 Å². The zero-order valence-corrected chi connectivity index (χ0v) is 12.2. The second-order valence-corrected chi connectivity index (χ2v) is 6.32. The molecule has 0 radical (unpaired) electrons. The first-order valence-electron chi connectivity index (χ1n) is 6.76. The molecule has 1 aromatic carbocycles. The molecule has 0 aliphatic carbocycles. The molecule has 0 bridgehead atoms. The number of aryl methyl sites for hydroxylation is 1. The molecule has 0 aliphatic heterocycles. The molecule has 0 aromatic heterocycles. The van der Waals surface area contributed by atoms with Crippen LogP contribution in [0.25, 0.3) is 0 Å². The summed E-state index contributed by atoms with van der Waals surface area (Å²) in [5, 5.41) is 9.84. The number of aliphatic hydroxyl groups is 1. The van der Waals surface area contributed by atoms with Crippen molar-refractivity contribution in [1.82, 2.24) is 0 Å². The van der Waals surface area contributed by atoms with Gasteiger partial charge in [-0.3, -0.25) is 4.21 Å². The van der Waals surface area contributed by atoms with E-state index in [1.807, 2.05) is 31.2 Å². The Morgan fingerprint density at radius 3 is 2.44 bits per heavy atom. The molecule has 102 valence electrons. The smallest absolute Gasteiger partial charge is 0.0659 e. The summed E-state index contributed by atoms with van der Waals surface area (Å²) in [7, 11) is -1.08. The van der Waals surface area contributed by atoms with Crippen LogP contribution in [0.3, 0.4) is 0 Å². The molecule has 1 rings (SSSR count). The Hall–Kier alpha value is -0.670. The van der Waals surface area contributed by atoms with Gasteiger partial charge < -0.3 is 5.11 Å². The van der Waals surface area contributed by atoms with Gasteiger partial charge in [-0.1, -0.05) is 50.3 Å². The van der Waals surface area contributed by atoms with E-state index in [9.17, 15) is 9.32 Å². The van der Waals surface area contributed by atoms with Gasteiger partial charge in [-0.05, 0) is 25.5 Å². The van der Waals surface area contributed by atoms with Gasteiger partial charge in [0.2, 0.25) is 0 Å². The summed E-state index contributed by atoms with van der Waals surface area (Å²) in [6.07, 6.45) is 4.92. The van der Waals surface area contributed by atoms with Gasteiger partial charge in [-0.2, -0.15) is 0 Å². The summed E-state index contributed by atoms with van der Waals surface area (Å²) in [6.45, 7) is 4.18. The second-order valence-electron chi connectivity index (χ2n) is 4.83. The molecule has 2 unspecified atom stereocenters. The third-order valence-corrected chi connectivity index (χ3v) is 4.50. The molecular weight excluding hydrogens is 244 g/mol. The molecule has 0 saturated carbocycles. The number of rotatable bonds is 8. The first-order chi connectivity index (χ1) is 8.63. The summed E-state index contributed by atoms with van der Waals surface area (Å²) < 4.78 is 12.0. The minimum Gasteiger partial charge on any atom is -0.392 e. The molecule has 2 atom stereocenters. The minimum absolute atomic E-state index is 0.356. The van der Waals surface area contributed by atoms with E-state index in [1.165, 1.54) is 12.8 Å². The van der Waals surface area contributed by atoms with Crippen LogP contribution >= 0.6 is 0 Å². The van der Waals surface area contributed by atoms with Crippen molar-refractivity contribution in [2.45, 2.75) is 57.0 Å². The van der Waals surface area contributed by atoms with Crippen LogP contribution in [0.1, 0.15) is 44.6 Å². The maximum atomic E-state index is 12.0. The number of hydrogen-bond donors (Lipinski definition) is 1. The van der Waals surface area contributed by atoms with Crippen molar-refractivity contribution in [1.29, 1.82) is 0 Å². The lowest BCUT2D eigenvalue weighted by Crippen LogP contribution is -2.16. The van der Waals surface area contributed by atoms with Gasteiger partial charge in [0.25, 0.3) is 0 Å². The van der Waals surface area contributed by atoms with Gasteiger partial charge in [-0.25, -0.2) is 0 Å². The van der Waals surface area contributed by atoms with Crippen molar-refractivity contribution in [3.63, 3.8) is 0 Å². The van der Waals surface area contributed by atoms with E-state index < -0.39 is 16.9 Å². The lowest BCUT2D eigenvalue weighted by molar-refractivity contribution is 0.184. The summed E-state index contributed by atoms with van der Waals surface area (Å²) in [4.78, 5) is 0.813. The van der Waals surface area contributed by atoms with Crippen molar-refractivity contribution in [3.8, 4) is 0 Å². The van der Waals surface area contributed by atoms with Gasteiger partial charge in [0, 0.05) is 4.90 Å². The molecule has 0 fully saturated rings. The number of unbranched alkanes of at least 4 members (excludes halogenated alkanes) is 3. The fourth-order valence-electron chi connectivity index (χ4n) is 1.85. The van der Waals surface area contributed by atoms with E-state index in [2.05, 4.69) is 6.92 Å². The monoisotopic (exact) mass is 268 g/mol. The van der Waals surface area contributed by atoms with E-state index in [1.54, 1.807) is 0 Å².